The molecule has 0 aromatic heterocycles. The van der Waals surface area contributed by atoms with Crippen molar-refractivity contribution in [2.75, 3.05) is 27.2 Å². The number of esters is 1. The smallest absolute Gasteiger partial charge is 0.328 e. The van der Waals surface area contributed by atoms with Gasteiger partial charge >= 0.3 is 12.0 Å². The molecule has 9 heteroatoms. The Balaban J connectivity index is 1.41. The van der Waals surface area contributed by atoms with Crippen molar-refractivity contribution in [1.82, 2.24) is 15.5 Å². The van der Waals surface area contributed by atoms with E-state index in [1.165, 1.54) is 7.11 Å². The van der Waals surface area contributed by atoms with Gasteiger partial charge in [-0.3, -0.25) is 0 Å². The number of hydrogen-bond acceptors (Lipinski definition) is 7. The molecular weight excluding hydrogens is 558 g/mol. The van der Waals surface area contributed by atoms with Crippen molar-refractivity contribution >= 4 is 12.0 Å². The lowest BCUT2D eigenvalue weighted by Crippen LogP contribution is -2.47. The summed E-state index contributed by atoms with van der Waals surface area (Å²) in [5, 5.41) is 15.0. The zero-order valence-corrected chi connectivity index (χ0v) is 25.6. The predicted octanol–water partition coefficient (Wildman–Crippen LogP) is 4.67. The molecule has 1 saturated heterocycles. The van der Waals surface area contributed by atoms with Crippen LogP contribution in [0.3, 0.4) is 0 Å². The van der Waals surface area contributed by atoms with E-state index >= 15 is 0 Å². The minimum Gasteiger partial charge on any atom is -0.467 e. The van der Waals surface area contributed by atoms with Gasteiger partial charge in [0.15, 0.2) is 6.29 Å². The largest absolute Gasteiger partial charge is 0.467 e. The first-order chi connectivity index (χ1) is 21.3. The van der Waals surface area contributed by atoms with E-state index in [1.807, 2.05) is 92.0 Å². The molecule has 0 radical (unpaired) electrons. The molecule has 5 atom stereocenters. The molecule has 3 aromatic rings. The maximum Gasteiger partial charge on any atom is 0.328 e. The first-order valence-electron chi connectivity index (χ1n) is 14.9. The molecule has 1 fully saturated rings. The fourth-order valence-electron chi connectivity index (χ4n) is 5.30. The van der Waals surface area contributed by atoms with Crippen LogP contribution < -0.4 is 10.6 Å². The molecule has 9 nitrogen and oxygen atoms in total. The second-order valence-electron chi connectivity index (χ2n) is 11.2. The maximum absolute atomic E-state index is 12.7. The van der Waals surface area contributed by atoms with Crippen LogP contribution in [-0.2, 0) is 38.6 Å². The molecule has 0 bridgehead atoms. The first kappa shape index (κ1) is 32.9. The lowest BCUT2D eigenvalue weighted by atomic mass is 9.90. The fourth-order valence-corrected chi connectivity index (χ4v) is 5.30. The lowest BCUT2D eigenvalue weighted by Gasteiger charge is -2.42. The van der Waals surface area contributed by atoms with E-state index in [0.717, 1.165) is 34.4 Å². The van der Waals surface area contributed by atoms with Crippen LogP contribution in [-0.4, -0.2) is 61.4 Å². The topological polar surface area (TPSA) is 109 Å². The highest BCUT2D eigenvalue weighted by atomic mass is 16.7. The number of nitrogens with zero attached hydrogens (tertiary/aromatic N) is 1. The summed E-state index contributed by atoms with van der Waals surface area (Å²) in [6.07, 6.45) is 1.32. The third kappa shape index (κ3) is 9.00. The second-order valence-corrected chi connectivity index (χ2v) is 11.2. The van der Waals surface area contributed by atoms with Gasteiger partial charge in [0, 0.05) is 37.5 Å². The van der Waals surface area contributed by atoms with Crippen LogP contribution in [0, 0.1) is 5.92 Å². The molecule has 44 heavy (non-hydrogen) atoms. The monoisotopic (exact) mass is 601 g/mol. The SMILES string of the molecule is C=CCN(C)CC1OC(c2ccc(CNC(=O)NC(Cc3ccccc3)C(=O)OC)cc2)OC(c2ccc(CO)cc2)C1C. The third-order valence-corrected chi connectivity index (χ3v) is 7.83. The first-order valence-corrected chi connectivity index (χ1v) is 14.9. The highest BCUT2D eigenvalue weighted by molar-refractivity contribution is 5.83. The van der Waals surface area contributed by atoms with E-state index in [4.69, 9.17) is 14.2 Å². The van der Waals surface area contributed by atoms with Crippen LogP contribution >= 0.6 is 0 Å². The van der Waals surface area contributed by atoms with Crippen LogP contribution in [0.5, 0.6) is 0 Å². The summed E-state index contributed by atoms with van der Waals surface area (Å²) in [7, 11) is 3.35. The van der Waals surface area contributed by atoms with Gasteiger partial charge in [-0.25, -0.2) is 9.59 Å². The van der Waals surface area contributed by atoms with Crippen LogP contribution in [0.15, 0.2) is 91.5 Å². The molecule has 1 heterocycles. The number of carbonyl (C=O) groups is 2. The highest BCUT2D eigenvalue weighted by Gasteiger charge is 2.38. The molecule has 4 rings (SSSR count). The number of amides is 2. The standard InChI is InChI=1S/C35H43N3O6/c1-5-19-38(3)22-31-24(2)32(28-15-13-27(23-39)14-16-28)44-34(43-31)29-17-11-26(12-18-29)21-36-35(41)37-30(33(40)42-4)20-25-9-7-6-8-10-25/h5-18,24,30-32,34,39H,1,19-23H2,2-4H3,(H2,36,37,41). The summed E-state index contributed by atoms with van der Waals surface area (Å²) in [5.74, 6) is -0.428. The van der Waals surface area contributed by atoms with Crippen LogP contribution in [0.25, 0.3) is 0 Å². The Kier molecular flexibility index (Phi) is 12.1. The van der Waals surface area contributed by atoms with Crippen molar-refractivity contribution < 1.29 is 28.9 Å². The number of methoxy groups -OCH3 is 1. The quantitative estimate of drug-likeness (QED) is 0.193. The fraction of sp³-hybridized carbons (Fsp3) is 0.371. The molecule has 1 aliphatic heterocycles. The van der Waals surface area contributed by atoms with E-state index < -0.39 is 24.3 Å². The van der Waals surface area contributed by atoms with Crippen molar-refractivity contribution in [3.8, 4) is 0 Å². The second kappa shape index (κ2) is 16.2. The summed E-state index contributed by atoms with van der Waals surface area (Å²) in [6.45, 7) is 7.71. The zero-order valence-electron chi connectivity index (χ0n) is 25.6. The number of hydrogen-bond donors (Lipinski definition) is 3. The van der Waals surface area contributed by atoms with E-state index in [2.05, 4.69) is 29.0 Å². The van der Waals surface area contributed by atoms with Crippen molar-refractivity contribution in [1.29, 1.82) is 0 Å². The van der Waals surface area contributed by atoms with Gasteiger partial charge in [-0.2, -0.15) is 0 Å². The molecule has 234 valence electrons. The third-order valence-electron chi connectivity index (χ3n) is 7.83. The minimum atomic E-state index is -0.806. The number of carbonyl (C=O) groups excluding carboxylic acids is 2. The molecule has 0 spiro atoms. The number of urea groups is 1. The average molecular weight is 602 g/mol. The van der Waals surface area contributed by atoms with Crippen molar-refractivity contribution in [2.45, 2.75) is 51.0 Å². The number of nitrogens with one attached hydrogen (secondary N) is 2. The molecule has 2 amide bonds. The van der Waals surface area contributed by atoms with E-state index in [1.54, 1.807) is 0 Å². The van der Waals surface area contributed by atoms with E-state index in [9.17, 15) is 14.7 Å². The number of ether oxygens (including phenoxy) is 3. The molecular formula is C35H43N3O6. The van der Waals surface area contributed by atoms with Gasteiger partial charge in [-0.15, -0.1) is 6.58 Å². The summed E-state index contributed by atoms with van der Waals surface area (Å²) in [5.41, 5.74) is 4.54. The molecule has 3 N–H and O–H groups in total. The molecule has 0 saturated carbocycles. The van der Waals surface area contributed by atoms with Crippen molar-refractivity contribution in [2.24, 2.45) is 5.92 Å². The van der Waals surface area contributed by atoms with Gasteiger partial charge < -0.3 is 34.9 Å². The van der Waals surface area contributed by atoms with Crippen LogP contribution in [0.4, 0.5) is 4.79 Å². The number of rotatable bonds is 13. The van der Waals surface area contributed by atoms with E-state index in [0.29, 0.717) is 13.0 Å². The number of likely N-dealkylation sites (N-methyl/N-ethyl adjacent to an activating group) is 1. The molecule has 0 aliphatic carbocycles. The number of benzene rings is 3. The molecule has 3 aromatic carbocycles. The maximum atomic E-state index is 12.7. The highest BCUT2D eigenvalue weighted by Crippen LogP contribution is 2.41. The summed E-state index contributed by atoms with van der Waals surface area (Å²) in [6, 6.07) is 23.8. The zero-order chi connectivity index (χ0) is 31.5. The minimum absolute atomic E-state index is 0.00944. The van der Waals surface area contributed by atoms with Gasteiger partial charge in [-0.05, 0) is 29.3 Å². The van der Waals surface area contributed by atoms with Gasteiger partial charge in [0.1, 0.15) is 6.04 Å². The normalized spacial score (nSPS) is 20.5. The Morgan fingerprint density at radius 1 is 0.977 bits per heavy atom. The summed E-state index contributed by atoms with van der Waals surface area (Å²) >= 11 is 0. The molecule has 5 unspecified atom stereocenters. The summed E-state index contributed by atoms with van der Waals surface area (Å²) < 4.78 is 17.9. The Morgan fingerprint density at radius 3 is 2.27 bits per heavy atom. The Morgan fingerprint density at radius 2 is 1.64 bits per heavy atom. The lowest BCUT2D eigenvalue weighted by molar-refractivity contribution is -0.275. The van der Waals surface area contributed by atoms with Gasteiger partial charge in [0.25, 0.3) is 0 Å². The predicted molar refractivity (Wildman–Crippen MR) is 168 cm³/mol. The van der Waals surface area contributed by atoms with Gasteiger partial charge in [-0.1, -0.05) is 91.9 Å². The Hall–Kier alpha value is -4.02. The Bertz CT molecular complexity index is 1350. The van der Waals surface area contributed by atoms with E-state index in [-0.39, 0.29) is 31.3 Å². The average Bonchev–Trinajstić information content (AvgIpc) is 3.05. The van der Waals surface area contributed by atoms with Gasteiger partial charge in [0.2, 0.25) is 0 Å². The van der Waals surface area contributed by atoms with Crippen LogP contribution in [0.2, 0.25) is 0 Å². The van der Waals surface area contributed by atoms with Gasteiger partial charge in [0.05, 0.1) is 25.9 Å². The summed E-state index contributed by atoms with van der Waals surface area (Å²) in [4.78, 5) is 27.1. The number of aliphatic hydroxyl groups excluding tert-OH is 1. The molecule has 1 aliphatic rings. The van der Waals surface area contributed by atoms with Crippen molar-refractivity contribution in [3.05, 3.63) is 119 Å². The van der Waals surface area contributed by atoms with Crippen LogP contribution in [0.1, 0.15) is 47.1 Å². The van der Waals surface area contributed by atoms with Crippen molar-refractivity contribution in [3.63, 3.8) is 0 Å². The Labute approximate surface area is 259 Å². The number of aliphatic hydroxyl groups is 1.